The molecule has 1 aromatic rings. The Kier molecular flexibility index (Phi) is 6.37. The predicted octanol–water partition coefficient (Wildman–Crippen LogP) is 4.60. The highest BCUT2D eigenvalue weighted by atomic mass is 79.9. The highest BCUT2D eigenvalue weighted by molar-refractivity contribution is 9.10. The van der Waals surface area contributed by atoms with Crippen molar-refractivity contribution in [2.75, 3.05) is 26.2 Å². The average molecular weight is 382 g/mol. The lowest BCUT2D eigenvalue weighted by Gasteiger charge is -2.26. The summed E-state index contributed by atoms with van der Waals surface area (Å²) in [6, 6.07) is 3.98. The average Bonchev–Trinajstić information content (AvgIpc) is 2.45. The van der Waals surface area contributed by atoms with E-state index in [9.17, 15) is 13.2 Å². The van der Waals surface area contributed by atoms with Gasteiger partial charge in [0.2, 0.25) is 0 Å². The van der Waals surface area contributed by atoms with Crippen LogP contribution in [0.3, 0.4) is 0 Å². The monoisotopic (exact) mass is 381 g/mol. The zero-order valence-corrected chi connectivity index (χ0v) is 13.8. The summed E-state index contributed by atoms with van der Waals surface area (Å²) in [6.45, 7) is 3.82. The van der Waals surface area contributed by atoms with Gasteiger partial charge in [-0.1, -0.05) is 6.42 Å². The Hall–Kier alpha value is -0.950. The van der Waals surface area contributed by atoms with Gasteiger partial charge in [0.1, 0.15) is 11.5 Å². The molecule has 1 saturated heterocycles. The minimum absolute atomic E-state index is 0.264. The van der Waals surface area contributed by atoms with Crippen molar-refractivity contribution in [3.05, 3.63) is 22.7 Å². The van der Waals surface area contributed by atoms with Gasteiger partial charge >= 0.3 is 6.36 Å². The maximum atomic E-state index is 12.1. The molecule has 0 aliphatic carbocycles. The Bertz CT molecular complexity index is 476. The molecule has 2 rings (SSSR count). The lowest BCUT2D eigenvalue weighted by atomic mass is 10.1. The highest BCUT2D eigenvalue weighted by Crippen LogP contribution is 2.32. The lowest BCUT2D eigenvalue weighted by molar-refractivity contribution is -0.274. The molecule has 7 heteroatoms. The van der Waals surface area contributed by atoms with E-state index in [4.69, 9.17) is 4.74 Å². The van der Waals surface area contributed by atoms with E-state index in [1.807, 2.05) is 0 Å². The lowest BCUT2D eigenvalue weighted by Crippen LogP contribution is -2.31. The fraction of sp³-hybridized carbons (Fsp3) is 0.600. The Morgan fingerprint density at radius 3 is 2.50 bits per heavy atom. The third-order valence-electron chi connectivity index (χ3n) is 3.46. The van der Waals surface area contributed by atoms with Crippen LogP contribution in [0.15, 0.2) is 22.7 Å². The molecule has 0 aromatic heterocycles. The summed E-state index contributed by atoms with van der Waals surface area (Å²) in [5, 5.41) is 0. The first kappa shape index (κ1) is 17.4. The van der Waals surface area contributed by atoms with E-state index in [2.05, 4.69) is 25.6 Å². The summed E-state index contributed by atoms with van der Waals surface area (Å²) >= 11 is 3.20. The Morgan fingerprint density at radius 2 is 1.86 bits per heavy atom. The zero-order valence-electron chi connectivity index (χ0n) is 12.2. The van der Waals surface area contributed by atoms with Crippen LogP contribution < -0.4 is 9.47 Å². The number of hydrogen-bond donors (Lipinski definition) is 0. The van der Waals surface area contributed by atoms with E-state index in [1.54, 1.807) is 0 Å². The van der Waals surface area contributed by atoms with Gasteiger partial charge in [-0.15, -0.1) is 13.2 Å². The zero-order chi connectivity index (χ0) is 16.0. The first-order valence-corrected chi connectivity index (χ1v) is 8.14. The molecule has 3 nitrogen and oxygen atoms in total. The van der Waals surface area contributed by atoms with E-state index in [1.165, 1.54) is 37.5 Å². The van der Waals surface area contributed by atoms with Crippen molar-refractivity contribution in [1.82, 2.24) is 4.90 Å². The van der Waals surface area contributed by atoms with Gasteiger partial charge < -0.3 is 14.4 Å². The van der Waals surface area contributed by atoms with Gasteiger partial charge in [0.05, 0.1) is 11.1 Å². The van der Waals surface area contributed by atoms with Gasteiger partial charge in [-0.25, -0.2) is 0 Å². The van der Waals surface area contributed by atoms with Crippen LogP contribution in [0.25, 0.3) is 0 Å². The number of ether oxygens (including phenoxy) is 2. The first-order chi connectivity index (χ1) is 10.4. The van der Waals surface area contributed by atoms with Crippen LogP contribution in [0.4, 0.5) is 13.2 Å². The molecular weight excluding hydrogens is 363 g/mol. The van der Waals surface area contributed by atoms with E-state index in [0.29, 0.717) is 16.8 Å². The van der Waals surface area contributed by atoms with Crippen LogP contribution in [0.2, 0.25) is 0 Å². The summed E-state index contributed by atoms with van der Waals surface area (Å²) < 4.78 is 46.3. The molecule has 124 valence electrons. The van der Waals surface area contributed by atoms with Gasteiger partial charge in [0.15, 0.2) is 0 Å². The molecule has 1 aromatic carbocycles. The minimum Gasteiger partial charge on any atom is -0.492 e. The Balaban J connectivity index is 1.75. The van der Waals surface area contributed by atoms with Crippen LogP contribution in [0.5, 0.6) is 11.5 Å². The van der Waals surface area contributed by atoms with Crippen molar-refractivity contribution in [2.45, 2.75) is 32.0 Å². The van der Waals surface area contributed by atoms with Gasteiger partial charge in [-0.05, 0) is 66.5 Å². The number of nitrogens with zero attached hydrogens (tertiary/aromatic N) is 1. The molecule has 0 radical (unpaired) electrons. The number of piperidine rings is 1. The van der Waals surface area contributed by atoms with Crippen molar-refractivity contribution < 1.29 is 22.6 Å². The second-order valence-corrected chi connectivity index (χ2v) is 6.10. The molecular formula is C15H19BrF3NO2. The van der Waals surface area contributed by atoms with Crippen molar-refractivity contribution in [2.24, 2.45) is 0 Å². The number of rotatable bonds is 6. The highest BCUT2D eigenvalue weighted by Gasteiger charge is 2.31. The van der Waals surface area contributed by atoms with Crippen molar-refractivity contribution in [3.8, 4) is 11.5 Å². The molecule has 0 amide bonds. The maximum Gasteiger partial charge on any atom is 0.573 e. The molecule has 0 spiro atoms. The summed E-state index contributed by atoms with van der Waals surface area (Å²) in [5.41, 5.74) is 0. The summed E-state index contributed by atoms with van der Waals surface area (Å²) in [4.78, 5) is 2.42. The second-order valence-electron chi connectivity index (χ2n) is 5.24. The molecule has 0 unspecified atom stereocenters. The minimum atomic E-state index is -4.68. The number of benzene rings is 1. The van der Waals surface area contributed by atoms with E-state index in [-0.39, 0.29) is 5.75 Å². The molecule has 1 fully saturated rings. The van der Waals surface area contributed by atoms with Gasteiger partial charge in [-0.2, -0.15) is 0 Å². The van der Waals surface area contributed by atoms with Gasteiger partial charge in [0.25, 0.3) is 0 Å². The molecule has 0 saturated carbocycles. The first-order valence-electron chi connectivity index (χ1n) is 7.34. The number of alkyl halides is 3. The fourth-order valence-electron chi connectivity index (χ4n) is 2.45. The van der Waals surface area contributed by atoms with E-state index < -0.39 is 6.36 Å². The number of likely N-dealkylation sites (tertiary alicyclic amines) is 1. The van der Waals surface area contributed by atoms with Gasteiger partial charge in [0, 0.05) is 6.54 Å². The molecule has 1 heterocycles. The normalized spacial score (nSPS) is 16.5. The SMILES string of the molecule is FC(F)(F)Oc1ccc(OCCCN2CCCCC2)c(Br)c1. The van der Waals surface area contributed by atoms with Crippen molar-refractivity contribution in [3.63, 3.8) is 0 Å². The molecule has 22 heavy (non-hydrogen) atoms. The van der Waals surface area contributed by atoms with Crippen LogP contribution >= 0.6 is 15.9 Å². The third-order valence-corrected chi connectivity index (χ3v) is 4.08. The summed E-state index contributed by atoms with van der Waals surface area (Å²) in [7, 11) is 0. The second kappa shape index (κ2) is 8.06. The predicted molar refractivity (Wildman–Crippen MR) is 81.2 cm³/mol. The third kappa shape index (κ3) is 6.04. The molecule has 0 bridgehead atoms. The van der Waals surface area contributed by atoms with Crippen molar-refractivity contribution in [1.29, 1.82) is 0 Å². The Morgan fingerprint density at radius 1 is 1.14 bits per heavy atom. The van der Waals surface area contributed by atoms with Crippen LogP contribution in [-0.2, 0) is 0 Å². The van der Waals surface area contributed by atoms with E-state index >= 15 is 0 Å². The Labute approximate surface area is 136 Å². The molecule has 0 atom stereocenters. The largest absolute Gasteiger partial charge is 0.573 e. The molecule has 1 aliphatic rings. The molecule has 0 N–H and O–H groups in total. The maximum absolute atomic E-state index is 12.1. The summed E-state index contributed by atoms with van der Waals surface area (Å²) in [6.07, 6.45) is 0.0376. The quantitative estimate of drug-likeness (QED) is 0.672. The van der Waals surface area contributed by atoms with Crippen LogP contribution in [0, 0.1) is 0 Å². The smallest absolute Gasteiger partial charge is 0.492 e. The van der Waals surface area contributed by atoms with Gasteiger partial charge in [-0.3, -0.25) is 0 Å². The number of hydrogen-bond acceptors (Lipinski definition) is 3. The van der Waals surface area contributed by atoms with E-state index in [0.717, 1.165) is 26.1 Å². The standard InChI is InChI=1S/C15H19BrF3NO2/c16-13-11-12(22-15(17,18)19)5-6-14(13)21-10-4-9-20-7-2-1-3-8-20/h5-6,11H,1-4,7-10H2. The number of halogens is 4. The topological polar surface area (TPSA) is 21.7 Å². The van der Waals surface area contributed by atoms with Crippen LogP contribution in [0.1, 0.15) is 25.7 Å². The molecule has 1 aliphatic heterocycles. The van der Waals surface area contributed by atoms with Crippen molar-refractivity contribution >= 4 is 15.9 Å². The summed E-state index contributed by atoms with van der Waals surface area (Å²) in [5.74, 6) is 0.258. The van der Waals surface area contributed by atoms with Crippen LogP contribution in [-0.4, -0.2) is 37.5 Å². The fourth-order valence-corrected chi connectivity index (χ4v) is 2.92.